The summed E-state index contributed by atoms with van der Waals surface area (Å²) in [5, 5.41) is 9.93. The number of thiophene rings is 1. The van der Waals surface area contributed by atoms with Crippen LogP contribution in [0.4, 0.5) is 0 Å². The number of thioether (sulfide) groups is 1. The zero-order valence-electron chi connectivity index (χ0n) is 18.7. The van der Waals surface area contributed by atoms with Gasteiger partial charge in [0.2, 0.25) is 5.78 Å². The zero-order chi connectivity index (χ0) is 23.3. The topological polar surface area (TPSA) is 69.3 Å². The Morgan fingerprint density at radius 3 is 2.58 bits per heavy atom. The molecule has 5 aromatic rings. The van der Waals surface area contributed by atoms with Crippen molar-refractivity contribution in [1.29, 1.82) is 0 Å². The molecule has 0 unspecified atom stereocenters. The largest absolute Gasteiger partial charge is 0.293 e. The van der Waals surface area contributed by atoms with Gasteiger partial charge in [0.15, 0.2) is 10.9 Å². The number of fused-ring (bicyclic) bond motifs is 3. The second-order valence-electron chi connectivity index (χ2n) is 8.10. The fourth-order valence-corrected chi connectivity index (χ4v) is 5.83. The van der Waals surface area contributed by atoms with Crippen molar-refractivity contribution in [3.05, 3.63) is 85.3 Å². The molecule has 0 aliphatic carbocycles. The van der Waals surface area contributed by atoms with Crippen molar-refractivity contribution in [2.45, 2.75) is 32.9 Å². The van der Waals surface area contributed by atoms with E-state index in [1.54, 1.807) is 15.9 Å². The lowest BCUT2D eigenvalue weighted by Gasteiger charge is -2.14. The van der Waals surface area contributed by atoms with Gasteiger partial charge < -0.3 is 0 Å². The molecular formula is C25H22N4O2S2. The van der Waals surface area contributed by atoms with Gasteiger partial charge in [-0.05, 0) is 63.1 Å². The summed E-state index contributed by atoms with van der Waals surface area (Å²) < 4.78 is 3.50. The highest BCUT2D eigenvalue weighted by atomic mass is 32.2. The van der Waals surface area contributed by atoms with Gasteiger partial charge in [-0.15, -0.1) is 21.5 Å². The van der Waals surface area contributed by atoms with E-state index in [2.05, 4.69) is 10.2 Å². The number of hydrogen-bond donors (Lipinski definition) is 0. The van der Waals surface area contributed by atoms with Crippen LogP contribution in [0.1, 0.15) is 31.2 Å². The third-order valence-electron chi connectivity index (χ3n) is 5.67. The fourth-order valence-electron chi connectivity index (χ4n) is 4.07. The number of rotatable bonds is 5. The van der Waals surface area contributed by atoms with E-state index in [-0.39, 0.29) is 17.1 Å². The van der Waals surface area contributed by atoms with Crippen molar-refractivity contribution in [1.82, 2.24) is 19.2 Å². The van der Waals surface area contributed by atoms with E-state index in [0.717, 1.165) is 37.6 Å². The number of hydrogen-bond acceptors (Lipinski definition) is 6. The highest BCUT2D eigenvalue weighted by Crippen LogP contribution is 2.27. The molecule has 166 valence electrons. The first kappa shape index (κ1) is 21.6. The van der Waals surface area contributed by atoms with E-state index < -0.39 is 0 Å². The number of carbonyl (C=O) groups excluding carboxylic acids is 1. The summed E-state index contributed by atoms with van der Waals surface area (Å²) in [6.45, 7) is 7.95. The monoisotopic (exact) mass is 474 g/mol. The second-order valence-corrected chi connectivity index (χ2v) is 10.5. The summed E-state index contributed by atoms with van der Waals surface area (Å²) >= 11 is 2.97. The lowest BCUT2D eigenvalue weighted by atomic mass is 10.1. The first-order chi connectivity index (χ1) is 15.8. The predicted octanol–water partition coefficient (Wildman–Crippen LogP) is 5.30. The van der Waals surface area contributed by atoms with Gasteiger partial charge >= 0.3 is 0 Å². The predicted molar refractivity (Wildman–Crippen MR) is 134 cm³/mol. The number of aryl methyl sites for hydroxylation is 4. The number of nitrogens with zero attached hydrogens (tertiary/aromatic N) is 4. The van der Waals surface area contributed by atoms with Crippen LogP contribution in [-0.4, -0.2) is 30.7 Å². The lowest BCUT2D eigenvalue weighted by molar-refractivity contribution is 0.102. The van der Waals surface area contributed by atoms with E-state index in [1.165, 1.54) is 11.8 Å². The number of para-hydroxylation sites is 1. The molecule has 3 aromatic heterocycles. The van der Waals surface area contributed by atoms with E-state index in [1.807, 2.05) is 80.6 Å². The molecule has 0 atom stereocenters. The molecule has 0 N–H and O–H groups in total. The Morgan fingerprint density at radius 1 is 1.03 bits per heavy atom. The van der Waals surface area contributed by atoms with Crippen LogP contribution in [0, 0.1) is 27.7 Å². The highest BCUT2D eigenvalue weighted by Gasteiger charge is 2.20. The van der Waals surface area contributed by atoms with E-state index >= 15 is 0 Å². The molecule has 0 amide bonds. The number of aromatic nitrogens is 4. The Balaban J connectivity index is 1.67. The summed E-state index contributed by atoms with van der Waals surface area (Å²) in [7, 11) is 0. The maximum Gasteiger partial charge on any atom is 0.267 e. The minimum Gasteiger partial charge on any atom is -0.293 e. The van der Waals surface area contributed by atoms with Crippen LogP contribution in [0.25, 0.3) is 22.4 Å². The molecule has 6 nitrogen and oxygen atoms in total. The molecule has 0 bridgehead atoms. The van der Waals surface area contributed by atoms with E-state index in [9.17, 15) is 9.59 Å². The van der Waals surface area contributed by atoms with Crippen LogP contribution in [0.5, 0.6) is 0 Å². The van der Waals surface area contributed by atoms with Gasteiger partial charge in [-0.2, -0.15) is 0 Å². The molecular weight excluding hydrogens is 452 g/mol. The van der Waals surface area contributed by atoms with Crippen LogP contribution in [0.3, 0.4) is 0 Å². The lowest BCUT2D eigenvalue weighted by Crippen LogP contribution is -2.22. The van der Waals surface area contributed by atoms with Gasteiger partial charge in [0.1, 0.15) is 0 Å². The van der Waals surface area contributed by atoms with Crippen molar-refractivity contribution in [3.63, 3.8) is 0 Å². The Kier molecular flexibility index (Phi) is 5.42. The molecule has 8 heteroatoms. The van der Waals surface area contributed by atoms with Crippen LogP contribution in [-0.2, 0) is 0 Å². The van der Waals surface area contributed by atoms with Crippen molar-refractivity contribution < 1.29 is 4.79 Å². The molecule has 0 saturated heterocycles. The average molecular weight is 475 g/mol. The molecule has 5 rings (SSSR count). The van der Waals surface area contributed by atoms with Gasteiger partial charge in [-0.1, -0.05) is 36.0 Å². The summed E-state index contributed by atoms with van der Waals surface area (Å²) in [5.41, 5.74) is 4.14. The molecule has 33 heavy (non-hydrogen) atoms. The average Bonchev–Trinajstić information content (AvgIpc) is 3.37. The maximum atomic E-state index is 13.5. The van der Waals surface area contributed by atoms with Gasteiger partial charge in [0, 0.05) is 15.3 Å². The van der Waals surface area contributed by atoms with Crippen LogP contribution < -0.4 is 5.56 Å². The summed E-state index contributed by atoms with van der Waals surface area (Å²) in [6, 6.07) is 15.4. The van der Waals surface area contributed by atoms with E-state index in [0.29, 0.717) is 16.3 Å². The van der Waals surface area contributed by atoms with Crippen molar-refractivity contribution in [3.8, 4) is 5.69 Å². The van der Waals surface area contributed by atoms with Gasteiger partial charge in [-0.25, -0.2) is 4.57 Å². The maximum absolute atomic E-state index is 13.5. The van der Waals surface area contributed by atoms with Crippen LogP contribution in [0.2, 0.25) is 0 Å². The summed E-state index contributed by atoms with van der Waals surface area (Å²) in [5.74, 6) is 0.741. The Morgan fingerprint density at radius 2 is 1.82 bits per heavy atom. The summed E-state index contributed by atoms with van der Waals surface area (Å²) in [6.07, 6.45) is 0. The molecule has 0 spiro atoms. The highest BCUT2D eigenvalue weighted by molar-refractivity contribution is 7.99. The molecule has 0 aliphatic heterocycles. The Labute approximate surface area is 198 Å². The number of benzene rings is 2. The summed E-state index contributed by atoms with van der Waals surface area (Å²) in [4.78, 5) is 28.5. The molecule has 2 aromatic carbocycles. The number of Topliss-reactive ketones (excluding diaryl/α,β-unsaturated/α-hetero) is 1. The standard InChI is InChI=1S/C25H22N4O2S2/c1-14-9-10-15(2)21(11-14)28-23(31)18-7-5-6-8-20(18)29-24(28)26-27-25(29)32-13-22(30)19-12-16(3)33-17(19)4/h5-12H,13H2,1-4H3. The minimum absolute atomic E-state index is 0.0609. The SMILES string of the molecule is Cc1ccc(C)c(-n2c(=O)c3ccccc3n3c(SCC(=O)c4cc(C)sc4C)nnc23)c1. The Bertz CT molecular complexity index is 1610. The molecule has 0 saturated carbocycles. The van der Waals surface area contributed by atoms with E-state index in [4.69, 9.17) is 0 Å². The van der Waals surface area contributed by atoms with Crippen LogP contribution in [0.15, 0.2) is 58.5 Å². The van der Waals surface area contributed by atoms with Crippen molar-refractivity contribution in [2.24, 2.45) is 0 Å². The molecule has 0 fully saturated rings. The van der Waals surface area contributed by atoms with Gasteiger partial charge in [0.05, 0.1) is 22.3 Å². The molecule has 0 aliphatic rings. The van der Waals surface area contributed by atoms with Gasteiger partial charge in [0.25, 0.3) is 5.56 Å². The third-order valence-corrected chi connectivity index (χ3v) is 7.57. The molecule has 0 radical (unpaired) electrons. The fraction of sp³-hybridized carbons (Fsp3) is 0.200. The quantitative estimate of drug-likeness (QED) is 0.255. The van der Waals surface area contributed by atoms with Crippen LogP contribution >= 0.6 is 23.1 Å². The zero-order valence-corrected chi connectivity index (χ0v) is 20.4. The third kappa shape index (κ3) is 3.69. The van der Waals surface area contributed by atoms with Crippen molar-refractivity contribution in [2.75, 3.05) is 5.75 Å². The first-order valence-corrected chi connectivity index (χ1v) is 12.3. The second kappa shape index (κ2) is 8.28. The number of ketones is 1. The molecule has 3 heterocycles. The minimum atomic E-state index is -0.142. The van der Waals surface area contributed by atoms with Crippen molar-refractivity contribution >= 4 is 45.6 Å². The normalized spacial score (nSPS) is 11.5. The smallest absolute Gasteiger partial charge is 0.267 e. The van der Waals surface area contributed by atoms with Gasteiger partial charge in [-0.3, -0.25) is 14.0 Å². The first-order valence-electron chi connectivity index (χ1n) is 10.5. The number of carbonyl (C=O) groups is 1. The Hall–Kier alpha value is -3.23.